The summed E-state index contributed by atoms with van der Waals surface area (Å²) in [5, 5.41) is 3.10. The van der Waals surface area contributed by atoms with Gasteiger partial charge in [-0.1, -0.05) is 56.0 Å². The van der Waals surface area contributed by atoms with E-state index in [2.05, 4.69) is 5.32 Å². The Morgan fingerprint density at radius 3 is 2.38 bits per heavy atom. The second-order valence-corrected chi connectivity index (χ2v) is 6.03. The summed E-state index contributed by atoms with van der Waals surface area (Å²) >= 11 is 0. The summed E-state index contributed by atoms with van der Waals surface area (Å²) in [4.78, 5) is 0. The highest BCUT2D eigenvalue weighted by Gasteiger charge is 2.32. The van der Waals surface area contributed by atoms with Gasteiger partial charge in [-0.2, -0.15) is 13.2 Å². The van der Waals surface area contributed by atoms with Gasteiger partial charge in [0.25, 0.3) is 0 Å². The van der Waals surface area contributed by atoms with E-state index in [1.807, 2.05) is 6.07 Å². The molecule has 2 rings (SSSR count). The van der Waals surface area contributed by atoms with Gasteiger partial charge in [-0.3, -0.25) is 0 Å². The van der Waals surface area contributed by atoms with Gasteiger partial charge in [0.1, 0.15) is 0 Å². The molecular weight excluding hydrogens is 275 g/mol. The van der Waals surface area contributed by atoms with E-state index in [0.717, 1.165) is 24.3 Å². The standard InChI is InChI=1S/C17H24F3N/c18-17(19,20)13-16(15-10-2-1-3-11-15)21-12-6-9-14-7-4-5-8-14/h1-3,10-11,14,16,21H,4-9,12-13H2. The maximum absolute atomic E-state index is 12.7. The quantitative estimate of drug-likeness (QED) is 0.679. The van der Waals surface area contributed by atoms with Gasteiger partial charge in [0.15, 0.2) is 0 Å². The molecule has 118 valence electrons. The maximum atomic E-state index is 12.7. The van der Waals surface area contributed by atoms with E-state index in [0.29, 0.717) is 6.54 Å². The molecule has 1 N–H and O–H groups in total. The molecular formula is C17H24F3N. The second kappa shape index (κ2) is 7.83. The van der Waals surface area contributed by atoms with Crippen LogP contribution in [-0.2, 0) is 0 Å². The highest BCUT2D eigenvalue weighted by molar-refractivity contribution is 5.19. The third-order valence-corrected chi connectivity index (χ3v) is 4.29. The fraction of sp³-hybridized carbons (Fsp3) is 0.647. The molecule has 1 aromatic carbocycles. The average Bonchev–Trinajstić information content (AvgIpc) is 2.95. The van der Waals surface area contributed by atoms with Crippen LogP contribution in [0.5, 0.6) is 0 Å². The molecule has 0 amide bonds. The zero-order valence-corrected chi connectivity index (χ0v) is 12.3. The first kappa shape index (κ1) is 16.3. The van der Waals surface area contributed by atoms with Crippen molar-refractivity contribution >= 4 is 0 Å². The Labute approximate surface area is 124 Å². The number of nitrogens with one attached hydrogen (secondary N) is 1. The minimum Gasteiger partial charge on any atom is -0.310 e. The average molecular weight is 299 g/mol. The lowest BCUT2D eigenvalue weighted by Gasteiger charge is -2.21. The molecule has 1 unspecified atom stereocenters. The van der Waals surface area contributed by atoms with E-state index in [1.165, 1.54) is 25.7 Å². The number of rotatable bonds is 7. The van der Waals surface area contributed by atoms with Crippen LogP contribution in [0.1, 0.15) is 56.6 Å². The SMILES string of the molecule is FC(F)(F)CC(NCCCC1CCCC1)c1ccccc1. The summed E-state index contributed by atoms with van der Waals surface area (Å²) in [7, 11) is 0. The van der Waals surface area contributed by atoms with Crippen molar-refractivity contribution in [3.8, 4) is 0 Å². The van der Waals surface area contributed by atoms with Gasteiger partial charge in [0.2, 0.25) is 0 Å². The third kappa shape index (κ3) is 6.08. The monoisotopic (exact) mass is 299 g/mol. The number of alkyl halides is 3. The van der Waals surface area contributed by atoms with Crippen LogP contribution in [-0.4, -0.2) is 12.7 Å². The van der Waals surface area contributed by atoms with Crippen molar-refractivity contribution in [3.05, 3.63) is 35.9 Å². The largest absolute Gasteiger partial charge is 0.390 e. The second-order valence-electron chi connectivity index (χ2n) is 6.03. The molecule has 0 bridgehead atoms. The number of halogens is 3. The lowest BCUT2D eigenvalue weighted by molar-refractivity contribution is -0.140. The topological polar surface area (TPSA) is 12.0 Å². The van der Waals surface area contributed by atoms with E-state index < -0.39 is 18.6 Å². The molecule has 1 aromatic rings. The molecule has 4 heteroatoms. The van der Waals surface area contributed by atoms with E-state index in [9.17, 15) is 13.2 Å². The first-order valence-electron chi connectivity index (χ1n) is 7.90. The van der Waals surface area contributed by atoms with Crippen molar-refractivity contribution < 1.29 is 13.2 Å². The lowest BCUT2D eigenvalue weighted by atomic mass is 10.0. The Balaban J connectivity index is 1.81. The number of benzene rings is 1. The summed E-state index contributed by atoms with van der Waals surface area (Å²) in [6.07, 6.45) is 2.39. The molecule has 0 spiro atoms. The summed E-state index contributed by atoms with van der Waals surface area (Å²) < 4.78 is 38.1. The van der Waals surface area contributed by atoms with Crippen molar-refractivity contribution in [1.82, 2.24) is 5.32 Å². The summed E-state index contributed by atoms with van der Waals surface area (Å²) in [6.45, 7) is 0.659. The van der Waals surface area contributed by atoms with E-state index in [-0.39, 0.29) is 0 Å². The summed E-state index contributed by atoms with van der Waals surface area (Å²) in [6, 6.07) is 8.31. The predicted octanol–water partition coefficient (Wildman–Crippen LogP) is 5.24. The Morgan fingerprint density at radius 2 is 1.76 bits per heavy atom. The van der Waals surface area contributed by atoms with Crippen LogP contribution in [0, 0.1) is 5.92 Å². The summed E-state index contributed by atoms with van der Waals surface area (Å²) in [5.41, 5.74) is 0.718. The summed E-state index contributed by atoms with van der Waals surface area (Å²) in [5.74, 6) is 0.796. The molecule has 1 aliphatic rings. The minimum atomic E-state index is -4.14. The maximum Gasteiger partial charge on any atom is 0.390 e. The fourth-order valence-electron chi connectivity index (χ4n) is 3.19. The number of hydrogen-bond acceptors (Lipinski definition) is 1. The molecule has 0 heterocycles. The molecule has 0 aromatic heterocycles. The van der Waals surface area contributed by atoms with Crippen molar-refractivity contribution in [3.63, 3.8) is 0 Å². The van der Waals surface area contributed by atoms with E-state index in [1.54, 1.807) is 24.3 Å². The third-order valence-electron chi connectivity index (χ3n) is 4.29. The van der Waals surface area contributed by atoms with E-state index in [4.69, 9.17) is 0 Å². The zero-order chi connectivity index (χ0) is 15.1. The van der Waals surface area contributed by atoms with Gasteiger partial charge in [0.05, 0.1) is 6.42 Å². The van der Waals surface area contributed by atoms with Crippen LogP contribution in [0.15, 0.2) is 30.3 Å². The van der Waals surface area contributed by atoms with Gasteiger partial charge < -0.3 is 5.32 Å². The molecule has 1 aliphatic carbocycles. The number of hydrogen-bond donors (Lipinski definition) is 1. The Bertz CT molecular complexity index is 396. The van der Waals surface area contributed by atoms with Gasteiger partial charge >= 0.3 is 6.18 Å². The fourth-order valence-corrected chi connectivity index (χ4v) is 3.19. The van der Waals surface area contributed by atoms with Crippen LogP contribution < -0.4 is 5.32 Å². The van der Waals surface area contributed by atoms with Crippen molar-refractivity contribution in [2.75, 3.05) is 6.54 Å². The first-order valence-corrected chi connectivity index (χ1v) is 7.90. The molecule has 1 nitrogen and oxygen atoms in total. The van der Waals surface area contributed by atoms with Crippen LogP contribution >= 0.6 is 0 Å². The Morgan fingerprint density at radius 1 is 1.10 bits per heavy atom. The molecule has 1 atom stereocenters. The van der Waals surface area contributed by atoms with Crippen LogP contribution in [0.3, 0.4) is 0 Å². The molecule has 1 saturated carbocycles. The van der Waals surface area contributed by atoms with Gasteiger partial charge in [-0.05, 0) is 30.9 Å². The minimum absolute atomic E-state index is 0.630. The first-order chi connectivity index (χ1) is 10.0. The highest BCUT2D eigenvalue weighted by Crippen LogP contribution is 2.30. The smallest absolute Gasteiger partial charge is 0.310 e. The molecule has 21 heavy (non-hydrogen) atoms. The Hall–Kier alpha value is -1.03. The van der Waals surface area contributed by atoms with Gasteiger partial charge in [0, 0.05) is 6.04 Å². The van der Waals surface area contributed by atoms with Gasteiger partial charge in [-0.25, -0.2) is 0 Å². The predicted molar refractivity (Wildman–Crippen MR) is 79.0 cm³/mol. The van der Waals surface area contributed by atoms with E-state index >= 15 is 0 Å². The normalized spacial score (nSPS) is 18.0. The van der Waals surface area contributed by atoms with Gasteiger partial charge in [-0.15, -0.1) is 0 Å². The molecule has 0 aliphatic heterocycles. The molecule has 1 fully saturated rings. The molecule has 0 radical (unpaired) electrons. The van der Waals surface area contributed by atoms with Crippen molar-refractivity contribution in [2.45, 2.75) is 57.2 Å². The molecule has 0 saturated heterocycles. The van der Waals surface area contributed by atoms with Crippen LogP contribution in [0.25, 0.3) is 0 Å². The van der Waals surface area contributed by atoms with Crippen LogP contribution in [0.4, 0.5) is 13.2 Å². The zero-order valence-electron chi connectivity index (χ0n) is 12.3. The van der Waals surface area contributed by atoms with Crippen molar-refractivity contribution in [2.24, 2.45) is 5.92 Å². The van der Waals surface area contributed by atoms with Crippen molar-refractivity contribution in [1.29, 1.82) is 0 Å². The lowest BCUT2D eigenvalue weighted by Crippen LogP contribution is -2.27. The Kier molecular flexibility index (Phi) is 6.09. The highest BCUT2D eigenvalue weighted by atomic mass is 19.4. The van der Waals surface area contributed by atoms with Crippen LogP contribution in [0.2, 0.25) is 0 Å².